The molecule has 0 saturated heterocycles. The molecular weight excluding hydrogens is 473 g/mol. The number of rotatable bonds is 11. The summed E-state index contributed by atoms with van der Waals surface area (Å²) < 4.78 is 21.4. The summed E-state index contributed by atoms with van der Waals surface area (Å²) in [5.74, 6) is 0.133. The van der Waals surface area contributed by atoms with E-state index in [4.69, 9.17) is 42.1 Å². The van der Waals surface area contributed by atoms with Crippen LogP contribution in [0.1, 0.15) is 20.8 Å². The van der Waals surface area contributed by atoms with Crippen molar-refractivity contribution in [1.29, 1.82) is 0 Å². The first kappa shape index (κ1) is 26.2. The van der Waals surface area contributed by atoms with Crippen molar-refractivity contribution >= 4 is 46.3 Å². The number of benzene rings is 2. The van der Waals surface area contributed by atoms with Gasteiger partial charge in [-0.1, -0.05) is 23.2 Å². The maximum Gasteiger partial charge on any atom is 0.258 e. The predicted octanol–water partition coefficient (Wildman–Crippen LogP) is 5.49. The van der Waals surface area contributed by atoms with E-state index in [2.05, 4.69) is 15.5 Å². The Morgan fingerprint density at radius 2 is 1.58 bits per heavy atom. The van der Waals surface area contributed by atoms with Crippen LogP contribution < -0.4 is 24.3 Å². The molecule has 0 heterocycles. The fraction of sp³-hybridized carbons (Fsp3) is 0.364. The number of ketones is 1. The van der Waals surface area contributed by atoms with Gasteiger partial charge in [0.25, 0.3) is 5.91 Å². The van der Waals surface area contributed by atoms with E-state index in [1.165, 1.54) is 33.3 Å². The highest BCUT2D eigenvalue weighted by atomic mass is 35.5. The van der Waals surface area contributed by atoms with Crippen LogP contribution in [-0.2, 0) is 9.59 Å². The molecule has 0 fully saturated rings. The highest BCUT2D eigenvalue weighted by Gasteiger charge is 2.26. The average Bonchev–Trinajstić information content (AvgIpc) is 2.77. The minimum absolute atomic E-state index is 0.184. The third-order valence-corrected chi connectivity index (χ3v) is 4.91. The lowest BCUT2D eigenvalue weighted by molar-refractivity contribution is -0.126. The largest absolute Gasteiger partial charge is 0.495 e. The van der Waals surface area contributed by atoms with Crippen molar-refractivity contribution in [3.63, 3.8) is 0 Å². The molecule has 1 atom stereocenters. The van der Waals surface area contributed by atoms with E-state index in [9.17, 15) is 9.59 Å². The lowest BCUT2D eigenvalue weighted by Crippen LogP contribution is -2.32. The third kappa shape index (κ3) is 6.72. The Bertz CT molecular complexity index is 1020. The van der Waals surface area contributed by atoms with E-state index >= 15 is 0 Å². The Labute approximate surface area is 202 Å². The fourth-order valence-electron chi connectivity index (χ4n) is 2.75. The van der Waals surface area contributed by atoms with Gasteiger partial charge in [0.1, 0.15) is 33.7 Å². The Kier molecular flexibility index (Phi) is 9.74. The second kappa shape index (κ2) is 12.3. The standard InChI is InChI=1S/C22H25Cl2N3O6/c1-6-32-14-10-15(23)21(18(11-14)33-7-2)25-22(29)20(12(3)28)27-26-13-8-16(30-4)19(24)17(9-13)31-5/h8-11,20H,6-7H2,1-5H3,(H,25,29). The van der Waals surface area contributed by atoms with E-state index in [1.807, 2.05) is 6.92 Å². The summed E-state index contributed by atoms with van der Waals surface area (Å²) in [7, 11) is 2.87. The van der Waals surface area contributed by atoms with Gasteiger partial charge >= 0.3 is 0 Å². The zero-order valence-corrected chi connectivity index (χ0v) is 20.4. The number of hydrogen-bond acceptors (Lipinski definition) is 8. The predicted molar refractivity (Wildman–Crippen MR) is 126 cm³/mol. The van der Waals surface area contributed by atoms with Crippen LogP contribution >= 0.6 is 23.2 Å². The Morgan fingerprint density at radius 3 is 2.09 bits per heavy atom. The van der Waals surface area contributed by atoms with Gasteiger partial charge in [0.05, 0.1) is 38.1 Å². The number of nitrogens with zero attached hydrogens (tertiary/aromatic N) is 2. The van der Waals surface area contributed by atoms with Gasteiger partial charge in [-0.05, 0) is 20.8 Å². The van der Waals surface area contributed by atoms with Crippen LogP contribution in [0, 0.1) is 0 Å². The summed E-state index contributed by atoms with van der Waals surface area (Å²) in [6, 6.07) is 4.71. The molecule has 33 heavy (non-hydrogen) atoms. The molecule has 9 nitrogen and oxygen atoms in total. The fourth-order valence-corrected chi connectivity index (χ4v) is 3.26. The number of Topliss-reactive ketones (excluding diaryl/α,β-unsaturated/α-hetero) is 1. The van der Waals surface area contributed by atoms with E-state index in [0.717, 1.165) is 0 Å². The van der Waals surface area contributed by atoms with Gasteiger partial charge in [-0.2, -0.15) is 10.2 Å². The maximum atomic E-state index is 12.9. The zero-order chi connectivity index (χ0) is 24.5. The van der Waals surface area contributed by atoms with E-state index in [-0.39, 0.29) is 21.4 Å². The molecule has 2 aromatic rings. The molecule has 0 aliphatic heterocycles. The topological polar surface area (TPSA) is 108 Å². The van der Waals surface area contributed by atoms with Gasteiger partial charge in [-0.3, -0.25) is 9.59 Å². The number of halogens is 2. The number of carbonyl (C=O) groups excluding carboxylic acids is 2. The summed E-state index contributed by atoms with van der Waals surface area (Å²) >= 11 is 12.5. The van der Waals surface area contributed by atoms with Gasteiger partial charge in [0.15, 0.2) is 5.78 Å². The van der Waals surface area contributed by atoms with Crippen LogP contribution in [-0.4, -0.2) is 45.2 Å². The molecule has 0 saturated carbocycles. The molecule has 0 aliphatic rings. The molecule has 0 aliphatic carbocycles. The first-order valence-electron chi connectivity index (χ1n) is 9.98. The molecule has 0 aromatic heterocycles. The molecular formula is C22H25Cl2N3O6. The number of ether oxygens (including phenoxy) is 4. The maximum absolute atomic E-state index is 12.9. The van der Waals surface area contributed by atoms with Crippen LogP contribution in [0.5, 0.6) is 23.0 Å². The van der Waals surface area contributed by atoms with Gasteiger partial charge < -0.3 is 24.3 Å². The molecule has 1 N–H and O–H groups in total. The number of amides is 1. The minimum Gasteiger partial charge on any atom is -0.495 e. The van der Waals surface area contributed by atoms with Crippen LogP contribution in [0.4, 0.5) is 11.4 Å². The lowest BCUT2D eigenvalue weighted by Gasteiger charge is -2.16. The summed E-state index contributed by atoms with van der Waals surface area (Å²) in [6.07, 6.45) is 0. The number of anilines is 1. The van der Waals surface area contributed by atoms with Crippen molar-refractivity contribution in [2.24, 2.45) is 10.2 Å². The summed E-state index contributed by atoms with van der Waals surface area (Å²) in [4.78, 5) is 25.1. The molecule has 0 bridgehead atoms. The van der Waals surface area contributed by atoms with Crippen LogP contribution in [0.15, 0.2) is 34.5 Å². The summed E-state index contributed by atoms with van der Waals surface area (Å²) in [6.45, 7) is 5.60. The Morgan fingerprint density at radius 1 is 0.970 bits per heavy atom. The van der Waals surface area contributed by atoms with Crippen LogP contribution in [0.2, 0.25) is 10.0 Å². The van der Waals surface area contributed by atoms with Gasteiger partial charge in [-0.25, -0.2) is 0 Å². The highest BCUT2D eigenvalue weighted by Crippen LogP contribution is 2.39. The zero-order valence-electron chi connectivity index (χ0n) is 18.9. The number of nitrogens with one attached hydrogen (secondary N) is 1. The van der Waals surface area contributed by atoms with Crippen molar-refractivity contribution in [3.8, 4) is 23.0 Å². The molecule has 1 unspecified atom stereocenters. The van der Waals surface area contributed by atoms with Crippen molar-refractivity contribution in [2.45, 2.75) is 26.8 Å². The molecule has 1 amide bonds. The number of azo groups is 1. The molecule has 2 aromatic carbocycles. The molecule has 11 heteroatoms. The van der Waals surface area contributed by atoms with Crippen molar-refractivity contribution in [1.82, 2.24) is 0 Å². The quantitative estimate of drug-likeness (QED) is 0.324. The van der Waals surface area contributed by atoms with E-state index in [1.54, 1.807) is 19.1 Å². The van der Waals surface area contributed by atoms with Crippen LogP contribution in [0.25, 0.3) is 0 Å². The SMILES string of the molecule is CCOc1cc(Cl)c(NC(=O)C(N=Nc2cc(OC)c(Cl)c(OC)c2)C(C)=O)c(OCC)c1. The second-order valence-corrected chi connectivity index (χ2v) is 7.31. The number of carbonyl (C=O) groups is 2. The van der Waals surface area contributed by atoms with Crippen molar-refractivity contribution < 1.29 is 28.5 Å². The summed E-state index contributed by atoms with van der Waals surface area (Å²) in [5.41, 5.74) is 0.476. The first-order chi connectivity index (χ1) is 15.7. The van der Waals surface area contributed by atoms with Crippen LogP contribution in [0.3, 0.4) is 0 Å². The summed E-state index contributed by atoms with van der Waals surface area (Å²) in [5, 5.41) is 11.0. The Balaban J connectivity index is 2.34. The highest BCUT2D eigenvalue weighted by molar-refractivity contribution is 6.34. The first-order valence-corrected chi connectivity index (χ1v) is 10.7. The number of hydrogen-bond donors (Lipinski definition) is 1. The van der Waals surface area contributed by atoms with Crippen molar-refractivity contribution in [3.05, 3.63) is 34.3 Å². The van der Waals surface area contributed by atoms with Gasteiger partial charge in [-0.15, -0.1) is 0 Å². The third-order valence-electron chi connectivity index (χ3n) is 4.24. The average molecular weight is 498 g/mol. The molecule has 0 radical (unpaired) electrons. The normalized spacial score (nSPS) is 11.7. The Hall–Kier alpha value is -3.04. The molecule has 178 valence electrons. The molecule has 0 spiro atoms. The van der Waals surface area contributed by atoms with E-state index < -0.39 is 17.7 Å². The monoisotopic (exact) mass is 497 g/mol. The van der Waals surface area contributed by atoms with Gasteiger partial charge in [0.2, 0.25) is 6.04 Å². The van der Waals surface area contributed by atoms with Crippen molar-refractivity contribution in [2.75, 3.05) is 32.8 Å². The van der Waals surface area contributed by atoms with E-state index in [0.29, 0.717) is 36.2 Å². The number of methoxy groups -OCH3 is 2. The lowest BCUT2D eigenvalue weighted by atomic mass is 10.2. The smallest absolute Gasteiger partial charge is 0.258 e. The minimum atomic E-state index is -1.44. The van der Waals surface area contributed by atoms with Gasteiger partial charge in [0, 0.05) is 24.3 Å². The second-order valence-electron chi connectivity index (χ2n) is 6.53. The molecule has 2 rings (SSSR count).